The third kappa shape index (κ3) is 1.88. The van der Waals surface area contributed by atoms with E-state index in [1.54, 1.807) is 18.2 Å². The van der Waals surface area contributed by atoms with Crippen molar-refractivity contribution < 1.29 is 9.32 Å². The molecule has 0 aliphatic carbocycles. The van der Waals surface area contributed by atoms with E-state index in [0.29, 0.717) is 11.3 Å². The molecule has 1 aromatic heterocycles. The van der Waals surface area contributed by atoms with Gasteiger partial charge in [0.15, 0.2) is 5.78 Å². The Kier molecular flexibility index (Phi) is 2.40. The molecule has 0 unspecified atom stereocenters. The maximum absolute atomic E-state index is 11.6. The van der Waals surface area contributed by atoms with E-state index in [0.717, 1.165) is 0 Å². The standard InChI is InChI=1S/C11H9NO2/c13-11(8-10-6-7-12-14-10)9-4-2-1-3-5-9/h1-7H,8H2. The molecule has 2 aromatic rings. The number of hydrogen-bond donors (Lipinski definition) is 0. The lowest BCUT2D eigenvalue weighted by Crippen LogP contribution is -2.01. The van der Waals surface area contributed by atoms with Gasteiger partial charge in [-0.15, -0.1) is 0 Å². The molecule has 2 rings (SSSR count). The molecule has 0 amide bonds. The highest BCUT2D eigenvalue weighted by Gasteiger charge is 2.08. The van der Waals surface area contributed by atoms with Crippen molar-refractivity contribution in [1.29, 1.82) is 0 Å². The van der Waals surface area contributed by atoms with Gasteiger partial charge < -0.3 is 4.52 Å². The summed E-state index contributed by atoms with van der Waals surface area (Å²) in [5.41, 5.74) is 0.698. The van der Waals surface area contributed by atoms with Crippen molar-refractivity contribution in [3.05, 3.63) is 53.9 Å². The summed E-state index contributed by atoms with van der Waals surface area (Å²) in [4.78, 5) is 11.6. The van der Waals surface area contributed by atoms with Gasteiger partial charge in [-0.3, -0.25) is 4.79 Å². The summed E-state index contributed by atoms with van der Waals surface area (Å²) in [5.74, 6) is 0.640. The minimum atomic E-state index is 0.0438. The van der Waals surface area contributed by atoms with E-state index in [1.807, 2.05) is 18.2 Å². The largest absolute Gasteiger partial charge is 0.361 e. The molecule has 0 saturated heterocycles. The summed E-state index contributed by atoms with van der Waals surface area (Å²) in [6.45, 7) is 0. The zero-order chi connectivity index (χ0) is 9.80. The van der Waals surface area contributed by atoms with Gasteiger partial charge in [-0.1, -0.05) is 35.5 Å². The van der Waals surface area contributed by atoms with Gasteiger partial charge in [0.1, 0.15) is 5.76 Å². The zero-order valence-electron chi connectivity index (χ0n) is 7.51. The van der Waals surface area contributed by atoms with Crippen molar-refractivity contribution >= 4 is 5.78 Å². The van der Waals surface area contributed by atoms with Gasteiger partial charge in [0.2, 0.25) is 0 Å². The van der Waals surface area contributed by atoms with Crippen LogP contribution < -0.4 is 0 Å². The summed E-state index contributed by atoms with van der Waals surface area (Å²) in [7, 11) is 0. The van der Waals surface area contributed by atoms with Gasteiger partial charge in [-0.05, 0) is 0 Å². The first kappa shape index (κ1) is 8.69. The number of carbonyl (C=O) groups excluding carboxylic acids is 1. The van der Waals surface area contributed by atoms with E-state index in [4.69, 9.17) is 4.52 Å². The monoisotopic (exact) mass is 187 g/mol. The lowest BCUT2D eigenvalue weighted by Gasteiger charge is -1.96. The van der Waals surface area contributed by atoms with Crippen LogP contribution >= 0.6 is 0 Å². The maximum atomic E-state index is 11.6. The number of nitrogens with zero attached hydrogens (tertiary/aromatic N) is 1. The Morgan fingerprint density at radius 1 is 1.21 bits per heavy atom. The summed E-state index contributed by atoms with van der Waals surface area (Å²) in [5, 5.41) is 3.54. The highest BCUT2D eigenvalue weighted by molar-refractivity contribution is 5.97. The third-order valence-electron chi connectivity index (χ3n) is 1.92. The maximum Gasteiger partial charge on any atom is 0.170 e. The molecule has 1 heterocycles. The second kappa shape index (κ2) is 3.87. The minimum Gasteiger partial charge on any atom is -0.361 e. The van der Waals surface area contributed by atoms with Crippen LogP contribution in [0.2, 0.25) is 0 Å². The molecule has 0 radical (unpaired) electrons. The molecule has 0 N–H and O–H groups in total. The first-order valence-electron chi connectivity index (χ1n) is 4.34. The Morgan fingerprint density at radius 3 is 2.64 bits per heavy atom. The van der Waals surface area contributed by atoms with E-state index in [-0.39, 0.29) is 12.2 Å². The smallest absolute Gasteiger partial charge is 0.170 e. The lowest BCUT2D eigenvalue weighted by molar-refractivity contribution is 0.0984. The Morgan fingerprint density at radius 2 is 2.00 bits per heavy atom. The van der Waals surface area contributed by atoms with E-state index < -0.39 is 0 Å². The summed E-state index contributed by atoms with van der Waals surface area (Å²) < 4.78 is 4.85. The number of benzene rings is 1. The average molecular weight is 187 g/mol. The number of ketones is 1. The quantitative estimate of drug-likeness (QED) is 0.691. The van der Waals surface area contributed by atoms with Crippen LogP contribution in [0.3, 0.4) is 0 Å². The highest BCUT2D eigenvalue weighted by atomic mass is 16.5. The van der Waals surface area contributed by atoms with E-state index >= 15 is 0 Å². The number of hydrogen-bond acceptors (Lipinski definition) is 3. The molecule has 0 aliphatic rings. The molecular formula is C11H9NO2. The molecule has 0 fully saturated rings. The highest BCUT2D eigenvalue weighted by Crippen LogP contribution is 2.06. The SMILES string of the molecule is O=C(Cc1ccno1)c1ccccc1. The van der Waals surface area contributed by atoms with Gasteiger partial charge in [0.25, 0.3) is 0 Å². The second-order valence-electron chi connectivity index (χ2n) is 2.94. The van der Waals surface area contributed by atoms with Crippen LogP contribution in [0, 0.1) is 0 Å². The zero-order valence-corrected chi connectivity index (χ0v) is 7.51. The first-order valence-corrected chi connectivity index (χ1v) is 4.34. The molecule has 0 spiro atoms. The van der Waals surface area contributed by atoms with Crippen molar-refractivity contribution in [3.8, 4) is 0 Å². The van der Waals surface area contributed by atoms with Crippen molar-refractivity contribution in [2.75, 3.05) is 0 Å². The molecule has 0 atom stereocenters. The summed E-state index contributed by atoms with van der Waals surface area (Å²) in [6.07, 6.45) is 1.80. The van der Waals surface area contributed by atoms with Gasteiger partial charge in [-0.2, -0.15) is 0 Å². The molecule has 3 nitrogen and oxygen atoms in total. The van der Waals surface area contributed by atoms with Crippen LogP contribution in [-0.4, -0.2) is 10.9 Å². The van der Waals surface area contributed by atoms with E-state index in [1.165, 1.54) is 6.20 Å². The topological polar surface area (TPSA) is 43.1 Å². The van der Waals surface area contributed by atoms with Crippen LogP contribution in [-0.2, 0) is 6.42 Å². The Hall–Kier alpha value is -1.90. The lowest BCUT2D eigenvalue weighted by atomic mass is 10.1. The molecule has 0 bridgehead atoms. The fourth-order valence-electron chi connectivity index (χ4n) is 1.22. The predicted octanol–water partition coefficient (Wildman–Crippen LogP) is 2.10. The third-order valence-corrected chi connectivity index (χ3v) is 1.92. The second-order valence-corrected chi connectivity index (χ2v) is 2.94. The molecule has 14 heavy (non-hydrogen) atoms. The summed E-state index contributed by atoms with van der Waals surface area (Å²) in [6, 6.07) is 10.8. The number of rotatable bonds is 3. The van der Waals surface area contributed by atoms with Gasteiger partial charge in [0, 0.05) is 11.6 Å². The first-order chi connectivity index (χ1) is 6.86. The Labute approximate surface area is 81.3 Å². The van der Waals surface area contributed by atoms with E-state index in [9.17, 15) is 4.79 Å². The molecule has 0 aliphatic heterocycles. The number of Topliss-reactive ketones (excluding diaryl/α,β-unsaturated/α-hetero) is 1. The normalized spacial score (nSPS) is 10.0. The van der Waals surface area contributed by atoms with Crippen LogP contribution in [0.4, 0.5) is 0 Å². The van der Waals surface area contributed by atoms with Crippen LogP contribution in [0.15, 0.2) is 47.1 Å². The van der Waals surface area contributed by atoms with Crippen molar-refractivity contribution in [3.63, 3.8) is 0 Å². The van der Waals surface area contributed by atoms with E-state index in [2.05, 4.69) is 5.16 Å². The van der Waals surface area contributed by atoms with Crippen molar-refractivity contribution in [2.45, 2.75) is 6.42 Å². The molecule has 1 aromatic carbocycles. The number of aromatic nitrogens is 1. The van der Waals surface area contributed by atoms with Crippen molar-refractivity contribution in [2.24, 2.45) is 0 Å². The molecule has 70 valence electrons. The Bertz CT molecular complexity index is 406. The van der Waals surface area contributed by atoms with Crippen LogP contribution in [0.25, 0.3) is 0 Å². The van der Waals surface area contributed by atoms with Gasteiger partial charge >= 0.3 is 0 Å². The molecular weight excluding hydrogens is 178 g/mol. The molecule has 3 heteroatoms. The number of carbonyl (C=O) groups is 1. The molecule has 0 saturated carbocycles. The fourth-order valence-corrected chi connectivity index (χ4v) is 1.22. The van der Waals surface area contributed by atoms with Crippen LogP contribution in [0.1, 0.15) is 16.1 Å². The van der Waals surface area contributed by atoms with Crippen molar-refractivity contribution in [1.82, 2.24) is 5.16 Å². The fraction of sp³-hybridized carbons (Fsp3) is 0.0909. The summed E-state index contributed by atoms with van der Waals surface area (Å²) >= 11 is 0. The predicted molar refractivity (Wildman–Crippen MR) is 51.0 cm³/mol. The minimum absolute atomic E-state index is 0.0438. The van der Waals surface area contributed by atoms with Crippen LogP contribution in [0.5, 0.6) is 0 Å². The Balaban J connectivity index is 2.11. The van der Waals surface area contributed by atoms with Gasteiger partial charge in [-0.25, -0.2) is 0 Å². The average Bonchev–Trinajstić information content (AvgIpc) is 2.72. The van der Waals surface area contributed by atoms with Gasteiger partial charge in [0.05, 0.1) is 12.6 Å².